The number of thioether (sulfide) groups is 1. The fourth-order valence-electron chi connectivity index (χ4n) is 2.63. The van der Waals surface area contributed by atoms with E-state index in [4.69, 9.17) is 9.26 Å². The van der Waals surface area contributed by atoms with Crippen LogP contribution in [0.5, 0.6) is 5.75 Å². The molecular formula is C21H18F3N3O5S. The number of aromatic nitrogens is 2. The van der Waals surface area contributed by atoms with Crippen molar-refractivity contribution in [3.63, 3.8) is 0 Å². The Labute approximate surface area is 190 Å². The third-order valence-electron chi connectivity index (χ3n) is 4.04. The van der Waals surface area contributed by atoms with Gasteiger partial charge in [0, 0.05) is 17.0 Å². The lowest BCUT2D eigenvalue weighted by molar-refractivity contribution is -0.274. The fraction of sp³-hybridized carbons (Fsp3) is 0.238. The molecule has 1 N–H and O–H groups in total. The molecule has 12 heteroatoms. The van der Waals surface area contributed by atoms with Crippen molar-refractivity contribution >= 4 is 23.6 Å². The second-order valence-corrected chi connectivity index (χ2v) is 7.55. The van der Waals surface area contributed by atoms with E-state index in [1.54, 1.807) is 31.2 Å². The van der Waals surface area contributed by atoms with Gasteiger partial charge >= 0.3 is 12.3 Å². The minimum atomic E-state index is -4.86. The van der Waals surface area contributed by atoms with E-state index in [1.807, 2.05) is 0 Å². The Morgan fingerprint density at radius 2 is 1.85 bits per heavy atom. The molecule has 0 atom stereocenters. The van der Waals surface area contributed by atoms with Crippen molar-refractivity contribution in [1.82, 2.24) is 15.5 Å². The van der Waals surface area contributed by atoms with Crippen molar-refractivity contribution in [2.45, 2.75) is 30.5 Å². The summed E-state index contributed by atoms with van der Waals surface area (Å²) in [5.74, 6) is -0.603. The molecule has 0 spiro atoms. The number of hydrogen-bond donors (Lipinski definition) is 1. The second kappa shape index (κ2) is 10.9. The summed E-state index contributed by atoms with van der Waals surface area (Å²) >= 11 is 1.29. The van der Waals surface area contributed by atoms with Crippen LogP contribution in [0.25, 0.3) is 0 Å². The number of ether oxygens (including phenoxy) is 2. The molecular weight excluding hydrogens is 463 g/mol. The number of rotatable bonds is 9. The van der Waals surface area contributed by atoms with Crippen LogP contribution in [0, 0.1) is 6.92 Å². The Morgan fingerprint density at radius 3 is 2.58 bits per heavy atom. The Morgan fingerprint density at radius 1 is 1.12 bits per heavy atom. The lowest BCUT2D eigenvalue weighted by atomic mass is 10.2. The highest BCUT2D eigenvalue weighted by Crippen LogP contribution is 2.27. The van der Waals surface area contributed by atoms with Gasteiger partial charge in [0.1, 0.15) is 5.75 Å². The van der Waals surface area contributed by atoms with Gasteiger partial charge in [0.25, 0.3) is 5.91 Å². The molecule has 3 aromatic rings. The molecule has 0 aliphatic carbocycles. The van der Waals surface area contributed by atoms with Crippen LogP contribution in [0.1, 0.15) is 27.6 Å². The Hall–Kier alpha value is -3.54. The smallest absolute Gasteiger partial charge is 0.452 e. The molecule has 1 amide bonds. The van der Waals surface area contributed by atoms with Crippen LogP contribution in [-0.2, 0) is 21.8 Å². The maximum absolute atomic E-state index is 12.5. The lowest BCUT2D eigenvalue weighted by Crippen LogP contribution is -2.29. The maximum Gasteiger partial charge on any atom is 0.573 e. The van der Waals surface area contributed by atoms with Crippen molar-refractivity contribution in [3.8, 4) is 5.75 Å². The first-order chi connectivity index (χ1) is 15.7. The molecule has 0 unspecified atom stereocenters. The largest absolute Gasteiger partial charge is 0.573 e. The quantitative estimate of drug-likeness (QED) is 0.361. The van der Waals surface area contributed by atoms with E-state index in [1.165, 1.54) is 30.0 Å². The monoisotopic (exact) mass is 481 g/mol. The van der Waals surface area contributed by atoms with Crippen molar-refractivity contribution in [3.05, 3.63) is 71.4 Å². The predicted molar refractivity (Wildman–Crippen MR) is 110 cm³/mol. The molecule has 0 radical (unpaired) electrons. The number of carbonyl (C=O) groups excluding carboxylic acids is 2. The first-order valence-electron chi connectivity index (χ1n) is 9.50. The Bertz CT molecular complexity index is 1120. The van der Waals surface area contributed by atoms with Crippen LogP contribution in [0.15, 0.2) is 57.9 Å². The molecule has 0 aliphatic rings. The minimum absolute atomic E-state index is 0.118. The SMILES string of the molecule is Cc1noc(CSc2ccccc2C(=O)OCC(=O)NCc2ccccc2OC(F)(F)F)n1. The van der Waals surface area contributed by atoms with Crippen molar-refractivity contribution < 1.29 is 36.8 Å². The number of aryl methyl sites for hydroxylation is 1. The predicted octanol–water partition coefficient (Wildman–Crippen LogP) is 4.04. The summed E-state index contributed by atoms with van der Waals surface area (Å²) in [5.41, 5.74) is 0.364. The van der Waals surface area contributed by atoms with Gasteiger partial charge in [-0.1, -0.05) is 35.5 Å². The van der Waals surface area contributed by atoms with E-state index in [-0.39, 0.29) is 17.7 Å². The van der Waals surface area contributed by atoms with E-state index in [2.05, 4.69) is 20.2 Å². The number of nitrogens with one attached hydrogen (secondary N) is 1. The first kappa shape index (κ1) is 24.1. The highest BCUT2D eigenvalue weighted by atomic mass is 32.2. The molecule has 0 aliphatic heterocycles. The Kier molecular flexibility index (Phi) is 7.93. The van der Waals surface area contributed by atoms with Gasteiger partial charge < -0.3 is 19.3 Å². The number of para-hydroxylation sites is 1. The van der Waals surface area contributed by atoms with E-state index in [0.717, 1.165) is 6.07 Å². The molecule has 2 aromatic carbocycles. The highest BCUT2D eigenvalue weighted by Gasteiger charge is 2.32. The summed E-state index contributed by atoms with van der Waals surface area (Å²) < 4.78 is 51.5. The van der Waals surface area contributed by atoms with E-state index < -0.39 is 30.6 Å². The summed E-state index contributed by atoms with van der Waals surface area (Å²) in [4.78, 5) is 29.2. The maximum atomic E-state index is 12.5. The molecule has 33 heavy (non-hydrogen) atoms. The number of carbonyl (C=O) groups is 2. The molecule has 1 heterocycles. The topological polar surface area (TPSA) is 104 Å². The number of halogens is 3. The number of benzene rings is 2. The van der Waals surface area contributed by atoms with E-state index >= 15 is 0 Å². The molecule has 0 bridgehead atoms. The van der Waals surface area contributed by atoms with Crippen LogP contribution < -0.4 is 10.1 Å². The minimum Gasteiger partial charge on any atom is -0.452 e. The van der Waals surface area contributed by atoms with Gasteiger partial charge in [-0.3, -0.25) is 4.79 Å². The normalized spacial score (nSPS) is 11.2. The second-order valence-electron chi connectivity index (χ2n) is 6.53. The van der Waals surface area contributed by atoms with Crippen LogP contribution in [0.3, 0.4) is 0 Å². The zero-order valence-electron chi connectivity index (χ0n) is 17.2. The zero-order chi connectivity index (χ0) is 23.8. The van der Waals surface area contributed by atoms with Crippen LogP contribution in [0.4, 0.5) is 13.2 Å². The average Bonchev–Trinajstić information content (AvgIpc) is 3.19. The van der Waals surface area contributed by atoms with Gasteiger partial charge in [0.05, 0.1) is 11.3 Å². The summed E-state index contributed by atoms with van der Waals surface area (Å²) in [7, 11) is 0. The lowest BCUT2D eigenvalue weighted by Gasteiger charge is -2.13. The standard InChI is InChI=1S/C21H18F3N3O5S/c1-13-26-19(32-27-13)12-33-17-9-5-3-7-15(17)20(29)30-11-18(28)25-10-14-6-2-4-8-16(14)31-21(22,23)24/h2-9H,10-12H2,1H3,(H,25,28). The number of alkyl halides is 3. The summed E-state index contributed by atoms with van der Waals surface area (Å²) in [6, 6.07) is 12.1. The van der Waals surface area contributed by atoms with Gasteiger partial charge in [-0.05, 0) is 25.1 Å². The van der Waals surface area contributed by atoms with Crippen molar-refractivity contribution in [2.24, 2.45) is 0 Å². The number of amides is 1. The van der Waals surface area contributed by atoms with Crippen molar-refractivity contribution in [1.29, 1.82) is 0 Å². The van der Waals surface area contributed by atoms with Gasteiger partial charge in [-0.15, -0.1) is 24.9 Å². The summed E-state index contributed by atoms with van der Waals surface area (Å²) in [6.45, 7) is 0.845. The number of nitrogens with zero attached hydrogens (tertiary/aromatic N) is 2. The molecule has 8 nitrogen and oxygen atoms in total. The average molecular weight is 481 g/mol. The fourth-order valence-corrected chi connectivity index (χ4v) is 3.51. The van der Waals surface area contributed by atoms with Gasteiger partial charge in [0.2, 0.25) is 5.89 Å². The molecule has 0 fully saturated rings. The van der Waals surface area contributed by atoms with Gasteiger partial charge in [0.15, 0.2) is 12.4 Å². The van der Waals surface area contributed by atoms with E-state index in [9.17, 15) is 22.8 Å². The van der Waals surface area contributed by atoms with Crippen LogP contribution in [-0.4, -0.2) is 35.0 Å². The molecule has 0 saturated heterocycles. The molecule has 1 aromatic heterocycles. The summed E-state index contributed by atoms with van der Waals surface area (Å²) in [6.07, 6.45) is -4.86. The van der Waals surface area contributed by atoms with Crippen LogP contribution >= 0.6 is 11.8 Å². The molecule has 3 rings (SSSR count). The highest BCUT2D eigenvalue weighted by molar-refractivity contribution is 7.98. The van der Waals surface area contributed by atoms with Gasteiger partial charge in [-0.2, -0.15) is 4.98 Å². The van der Waals surface area contributed by atoms with E-state index in [0.29, 0.717) is 22.4 Å². The van der Waals surface area contributed by atoms with Crippen LogP contribution in [0.2, 0.25) is 0 Å². The third kappa shape index (κ3) is 7.52. The Balaban J connectivity index is 1.53. The van der Waals surface area contributed by atoms with Gasteiger partial charge in [-0.25, -0.2) is 4.79 Å². The number of hydrogen-bond acceptors (Lipinski definition) is 8. The van der Waals surface area contributed by atoms with Crippen molar-refractivity contribution in [2.75, 3.05) is 6.61 Å². The molecule has 174 valence electrons. The molecule has 0 saturated carbocycles. The first-order valence-corrected chi connectivity index (χ1v) is 10.5. The third-order valence-corrected chi connectivity index (χ3v) is 5.09. The summed E-state index contributed by atoms with van der Waals surface area (Å²) in [5, 5.41) is 6.10. The number of esters is 1. The zero-order valence-corrected chi connectivity index (χ0v) is 18.0.